The summed E-state index contributed by atoms with van der Waals surface area (Å²) < 4.78 is 7.32. The number of aliphatic hydroxyl groups is 1. The summed E-state index contributed by atoms with van der Waals surface area (Å²) in [6.45, 7) is 2.86. The average molecular weight is 277 g/mol. The van der Waals surface area contributed by atoms with Crippen molar-refractivity contribution >= 4 is 17.3 Å². The highest BCUT2D eigenvalue weighted by atomic mass is 16.5. The highest BCUT2D eigenvalue weighted by Gasteiger charge is 2.39. The number of anilines is 2. The number of hydrogen-bond donors (Lipinski definition) is 3. The first-order valence-electron chi connectivity index (χ1n) is 6.72. The van der Waals surface area contributed by atoms with Gasteiger partial charge in [-0.3, -0.25) is 0 Å². The smallest absolute Gasteiger partial charge is 0.180 e. The Bertz CT molecular complexity index is 614. The minimum Gasteiger partial charge on any atom is -0.385 e. The maximum absolute atomic E-state index is 10.5. The molecule has 108 valence electrons. The summed E-state index contributed by atoms with van der Waals surface area (Å²) in [6.07, 6.45) is 5.89. The second-order valence-electron chi connectivity index (χ2n) is 5.10. The third-order valence-corrected chi connectivity index (χ3v) is 3.85. The minimum atomic E-state index is -0.860. The molecule has 1 saturated heterocycles. The summed E-state index contributed by atoms with van der Waals surface area (Å²) in [5.74, 6) is 1.38. The van der Waals surface area contributed by atoms with Gasteiger partial charge in [-0.05, 0) is 6.92 Å². The van der Waals surface area contributed by atoms with E-state index in [2.05, 4.69) is 20.6 Å². The molecule has 20 heavy (non-hydrogen) atoms. The largest absolute Gasteiger partial charge is 0.385 e. The summed E-state index contributed by atoms with van der Waals surface area (Å²) in [5, 5.41) is 16.7. The standard InChI is InChI=1S/C13H19N5O2/c1-9-13(19,3-6-20-9)8-16-11-12-15-4-5-18(12)7-10(14-2)17-11/h4-5,7,9,14,19H,3,6,8H2,1-2H3,(H,16,17). The minimum absolute atomic E-state index is 0.182. The summed E-state index contributed by atoms with van der Waals surface area (Å²) in [6, 6.07) is 0. The highest BCUT2D eigenvalue weighted by molar-refractivity contribution is 5.65. The van der Waals surface area contributed by atoms with Gasteiger partial charge in [-0.1, -0.05) is 0 Å². The van der Waals surface area contributed by atoms with Crippen molar-refractivity contribution in [2.24, 2.45) is 0 Å². The average Bonchev–Trinajstić information content (AvgIpc) is 3.04. The number of fused-ring (bicyclic) bond motifs is 1. The van der Waals surface area contributed by atoms with Crippen LogP contribution in [0.25, 0.3) is 5.65 Å². The molecule has 2 unspecified atom stereocenters. The van der Waals surface area contributed by atoms with Crippen molar-refractivity contribution in [3.8, 4) is 0 Å². The van der Waals surface area contributed by atoms with E-state index in [-0.39, 0.29) is 6.10 Å². The number of imidazole rings is 1. The molecule has 0 spiro atoms. The van der Waals surface area contributed by atoms with Crippen LogP contribution in [0.15, 0.2) is 18.6 Å². The second kappa shape index (κ2) is 4.92. The quantitative estimate of drug-likeness (QED) is 0.764. The molecule has 0 aromatic carbocycles. The first kappa shape index (κ1) is 13.1. The lowest BCUT2D eigenvalue weighted by molar-refractivity contribution is -0.0176. The molecule has 2 aromatic rings. The molecule has 1 aliphatic rings. The molecule has 3 heterocycles. The second-order valence-corrected chi connectivity index (χ2v) is 5.10. The van der Waals surface area contributed by atoms with Crippen molar-refractivity contribution in [1.29, 1.82) is 0 Å². The van der Waals surface area contributed by atoms with E-state index < -0.39 is 5.60 Å². The number of aromatic nitrogens is 3. The summed E-state index contributed by atoms with van der Waals surface area (Å²) in [5.41, 5.74) is -0.125. The van der Waals surface area contributed by atoms with Crippen molar-refractivity contribution < 1.29 is 9.84 Å². The van der Waals surface area contributed by atoms with E-state index in [0.717, 1.165) is 11.5 Å². The molecule has 3 rings (SSSR count). The van der Waals surface area contributed by atoms with Crippen LogP contribution in [0.2, 0.25) is 0 Å². The monoisotopic (exact) mass is 277 g/mol. The van der Waals surface area contributed by atoms with Crippen molar-refractivity contribution in [2.75, 3.05) is 30.8 Å². The predicted octanol–water partition coefficient (Wildman–Crippen LogP) is 0.723. The van der Waals surface area contributed by atoms with Gasteiger partial charge in [0.25, 0.3) is 0 Å². The first-order valence-corrected chi connectivity index (χ1v) is 6.72. The van der Waals surface area contributed by atoms with Crippen LogP contribution >= 0.6 is 0 Å². The summed E-state index contributed by atoms with van der Waals surface area (Å²) in [7, 11) is 1.81. The Morgan fingerprint density at radius 2 is 2.45 bits per heavy atom. The van der Waals surface area contributed by atoms with Gasteiger partial charge in [0.05, 0.1) is 12.3 Å². The SMILES string of the molecule is CNc1cn2ccnc2c(NCC2(O)CCOC2C)n1. The third-order valence-electron chi connectivity index (χ3n) is 3.85. The number of ether oxygens (including phenoxy) is 1. The van der Waals surface area contributed by atoms with Gasteiger partial charge in [0.15, 0.2) is 11.5 Å². The number of nitrogens with one attached hydrogen (secondary N) is 2. The highest BCUT2D eigenvalue weighted by Crippen LogP contribution is 2.26. The molecule has 0 aliphatic carbocycles. The predicted molar refractivity (Wildman–Crippen MR) is 76.0 cm³/mol. The zero-order chi connectivity index (χ0) is 14.2. The molecular weight excluding hydrogens is 258 g/mol. The van der Waals surface area contributed by atoms with Gasteiger partial charge in [0, 0.05) is 39.0 Å². The molecule has 0 saturated carbocycles. The van der Waals surface area contributed by atoms with E-state index in [1.807, 2.05) is 30.8 Å². The molecule has 3 N–H and O–H groups in total. The number of hydrogen-bond acceptors (Lipinski definition) is 6. The third kappa shape index (κ3) is 2.19. The number of nitrogens with zero attached hydrogens (tertiary/aromatic N) is 3. The van der Waals surface area contributed by atoms with E-state index in [9.17, 15) is 5.11 Å². The first-order chi connectivity index (χ1) is 9.62. The molecular formula is C13H19N5O2. The lowest BCUT2D eigenvalue weighted by atomic mass is 9.97. The molecule has 0 radical (unpaired) electrons. The van der Waals surface area contributed by atoms with Gasteiger partial charge >= 0.3 is 0 Å². The van der Waals surface area contributed by atoms with Gasteiger partial charge in [-0.15, -0.1) is 0 Å². The zero-order valence-electron chi connectivity index (χ0n) is 11.6. The fraction of sp³-hybridized carbons (Fsp3) is 0.538. The van der Waals surface area contributed by atoms with E-state index in [1.165, 1.54) is 0 Å². The molecule has 1 fully saturated rings. The lowest BCUT2D eigenvalue weighted by Crippen LogP contribution is -2.43. The van der Waals surface area contributed by atoms with Crippen LogP contribution in [0.3, 0.4) is 0 Å². The number of rotatable bonds is 4. The molecule has 1 aliphatic heterocycles. The van der Waals surface area contributed by atoms with Crippen molar-refractivity contribution in [3.05, 3.63) is 18.6 Å². The van der Waals surface area contributed by atoms with Gasteiger partial charge in [0.1, 0.15) is 11.4 Å². The van der Waals surface area contributed by atoms with Crippen LogP contribution < -0.4 is 10.6 Å². The lowest BCUT2D eigenvalue weighted by Gasteiger charge is -2.26. The van der Waals surface area contributed by atoms with Crippen LogP contribution in [0, 0.1) is 0 Å². The topological polar surface area (TPSA) is 83.7 Å². The van der Waals surface area contributed by atoms with Crippen LogP contribution in [-0.4, -0.2) is 51.4 Å². The molecule has 2 atom stereocenters. The Morgan fingerprint density at radius 1 is 1.60 bits per heavy atom. The van der Waals surface area contributed by atoms with Crippen molar-refractivity contribution in [1.82, 2.24) is 14.4 Å². The zero-order valence-corrected chi connectivity index (χ0v) is 11.6. The van der Waals surface area contributed by atoms with Gasteiger partial charge in [-0.2, -0.15) is 0 Å². The van der Waals surface area contributed by atoms with Crippen molar-refractivity contribution in [2.45, 2.75) is 25.0 Å². The maximum Gasteiger partial charge on any atom is 0.180 e. The van der Waals surface area contributed by atoms with Crippen LogP contribution in [0.4, 0.5) is 11.6 Å². The molecule has 0 bridgehead atoms. The van der Waals surface area contributed by atoms with E-state index in [4.69, 9.17) is 4.74 Å². The van der Waals surface area contributed by atoms with Crippen LogP contribution in [0.5, 0.6) is 0 Å². The Morgan fingerprint density at radius 3 is 3.15 bits per heavy atom. The van der Waals surface area contributed by atoms with E-state index in [0.29, 0.717) is 25.4 Å². The molecule has 0 amide bonds. The maximum atomic E-state index is 10.5. The van der Waals surface area contributed by atoms with Crippen LogP contribution in [-0.2, 0) is 4.74 Å². The van der Waals surface area contributed by atoms with Crippen molar-refractivity contribution in [3.63, 3.8) is 0 Å². The van der Waals surface area contributed by atoms with E-state index >= 15 is 0 Å². The van der Waals surface area contributed by atoms with Crippen LogP contribution in [0.1, 0.15) is 13.3 Å². The molecule has 7 nitrogen and oxygen atoms in total. The fourth-order valence-corrected chi connectivity index (χ4v) is 2.41. The Labute approximate surface area is 117 Å². The van der Waals surface area contributed by atoms with Gasteiger partial charge in [0.2, 0.25) is 0 Å². The summed E-state index contributed by atoms with van der Waals surface area (Å²) in [4.78, 5) is 8.73. The van der Waals surface area contributed by atoms with E-state index in [1.54, 1.807) is 6.20 Å². The molecule has 2 aromatic heterocycles. The summed E-state index contributed by atoms with van der Waals surface area (Å²) >= 11 is 0. The Kier molecular flexibility index (Phi) is 3.23. The van der Waals surface area contributed by atoms with Gasteiger partial charge in [-0.25, -0.2) is 9.97 Å². The Hall–Kier alpha value is -1.86. The Balaban J connectivity index is 1.85. The molecule has 7 heteroatoms. The normalized spacial score (nSPS) is 26.1. The van der Waals surface area contributed by atoms with Gasteiger partial charge < -0.3 is 24.9 Å². The fourth-order valence-electron chi connectivity index (χ4n) is 2.41.